The lowest BCUT2D eigenvalue weighted by atomic mass is 10.0. The van der Waals surface area contributed by atoms with Gasteiger partial charge in [-0.2, -0.15) is 5.10 Å². The number of carboxylic acids is 1. The number of nitrogens with zero attached hydrogens (tertiary/aromatic N) is 2. The average Bonchev–Trinajstić information content (AvgIpc) is 2.87. The molecule has 1 amide bonds. The molecule has 0 saturated carbocycles. The number of hydrogen-bond acceptors (Lipinski definition) is 3. The van der Waals surface area contributed by atoms with Crippen molar-refractivity contribution in [2.75, 3.05) is 6.54 Å². The lowest BCUT2D eigenvalue weighted by molar-refractivity contribution is -0.138. The van der Waals surface area contributed by atoms with Crippen molar-refractivity contribution in [1.29, 1.82) is 0 Å². The van der Waals surface area contributed by atoms with E-state index >= 15 is 0 Å². The van der Waals surface area contributed by atoms with Crippen molar-refractivity contribution in [3.8, 4) is 0 Å². The summed E-state index contributed by atoms with van der Waals surface area (Å²) in [6, 6.07) is 1.81. The van der Waals surface area contributed by atoms with Gasteiger partial charge in [-0.05, 0) is 24.8 Å². The van der Waals surface area contributed by atoms with Crippen molar-refractivity contribution < 1.29 is 14.7 Å². The molecule has 0 radical (unpaired) electrons. The molecule has 1 heterocycles. The van der Waals surface area contributed by atoms with Gasteiger partial charge < -0.3 is 10.4 Å². The van der Waals surface area contributed by atoms with Gasteiger partial charge in [0.2, 0.25) is 0 Å². The van der Waals surface area contributed by atoms with Crippen LogP contribution in [0.5, 0.6) is 0 Å². The Bertz CT molecular complexity index is 494. The fourth-order valence-corrected chi connectivity index (χ4v) is 2.08. The fourth-order valence-electron chi connectivity index (χ4n) is 2.08. The van der Waals surface area contributed by atoms with Crippen LogP contribution in [0.4, 0.5) is 0 Å². The van der Waals surface area contributed by atoms with E-state index in [2.05, 4.69) is 10.4 Å². The fraction of sp³-hybridized carbons (Fsp3) is 0.667. The molecular weight excluding hydrogens is 270 g/mol. The molecule has 0 aromatic carbocycles. The van der Waals surface area contributed by atoms with Crippen LogP contribution in [0, 0.1) is 5.92 Å². The number of carbonyl (C=O) groups is 2. The molecule has 2 N–H and O–H groups in total. The third kappa shape index (κ3) is 4.88. The van der Waals surface area contributed by atoms with E-state index in [1.807, 2.05) is 33.8 Å². The highest BCUT2D eigenvalue weighted by atomic mass is 16.4. The molecule has 0 aliphatic heterocycles. The molecule has 0 aliphatic carbocycles. The SMILES string of the molecule is CCC(CNC(=O)c1cc(C(C)C)nn1CC)CC(=O)O. The van der Waals surface area contributed by atoms with Crippen molar-refractivity contribution in [2.45, 2.75) is 53.0 Å². The Balaban J connectivity index is 2.72. The number of carboxylic acid groups (broad SMARTS) is 1. The second kappa shape index (κ2) is 7.81. The van der Waals surface area contributed by atoms with Crippen LogP contribution in [0.25, 0.3) is 0 Å². The summed E-state index contributed by atoms with van der Waals surface area (Å²) in [4.78, 5) is 23.0. The van der Waals surface area contributed by atoms with E-state index in [4.69, 9.17) is 5.11 Å². The quantitative estimate of drug-likeness (QED) is 0.770. The summed E-state index contributed by atoms with van der Waals surface area (Å²) in [6.07, 6.45) is 0.790. The van der Waals surface area contributed by atoms with Crippen molar-refractivity contribution >= 4 is 11.9 Å². The van der Waals surface area contributed by atoms with Crippen LogP contribution >= 0.6 is 0 Å². The van der Waals surface area contributed by atoms with E-state index in [0.29, 0.717) is 18.8 Å². The number of nitrogens with one attached hydrogen (secondary N) is 1. The van der Waals surface area contributed by atoms with E-state index in [-0.39, 0.29) is 24.2 Å². The second-order valence-electron chi connectivity index (χ2n) is 5.51. The molecule has 0 aliphatic rings. The maximum Gasteiger partial charge on any atom is 0.303 e. The Labute approximate surface area is 125 Å². The van der Waals surface area contributed by atoms with Crippen LogP contribution in [0.1, 0.15) is 62.6 Å². The Morgan fingerprint density at radius 1 is 1.38 bits per heavy atom. The number of aliphatic carboxylic acids is 1. The minimum Gasteiger partial charge on any atom is -0.481 e. The van der Waals surface area contributed by atoms with Crippen molar-refractivity contribution in [1.82, 2.24) is 15.1 Å². The molecule has 1 rings (SSSR count). The highest BCUT2D eigenvalue weighted by Gasteiger charge is 2.18. The lowest BCUT2D eigenvalue weighted by Gasteiger charge is -2.13. The molecule has 1 aromatic rings. The van der Waals surface area contributed by atoms with Crippen LogP contribution in [0.3, 0.4) is 0 Å². The largest absolute Gasteiger partial charge is 0.481 e. The standard InChI is InChI=1S/C15H25N3O3/c1-5-11(7-14(19)20)9-16-15(21)13-8-12(10(3)4)17-18(13)6-2/h8,10-11H,5-7,9H2,1-4H3,(H,16,21)(H,19,20). The zero-order valence-electron chi connectivity index (χ0n) is 13.2. The molecule has 118 valence electrons. The maximum absolute atomic E-state index is 12.2. The molecule has 6 heteroatoms. The minimum atomic E-state index is -0.836. The van der Waals surface area contributed by atoms with Gasteiger partial charge in [-0.25, -0.2) is 0 Å². The molecule has 0 fully saturated rings. The Morgan fingerprint density at radius 2 is 2.05 bits per heavy atom. The van der Waals surface area contributed by atoms with Crippen LogP contribution in [-0.4, -0.2) is 33.3 Å². The van der Waals surface area contributed by atoms with E-state index in [0.717, 1.165) is 12.1 Å². The van der Waals surface area contributed by atoms with Crippen LogP contribution in [0.15, 0.2) is 6.07 Å². The molecule has 0 spiro atoms. The normalized spacial score (nSPS) is 12.4. The van der Waals surface area contributed by atoms with Crippen LogP contribution < -0.4 is 5.32 Å². The van der Waals surface area contributed by atoms with Gasteiger partial charge in [0.15, 0.2) is 0 Å². The van der Waals surface area contributed by atoms with Gasteiger partial charge in [0.1, 0.15) is 5.69 Å². The summed E-state index contributed by atoms with van der Waals surface area (Å²) >= 11 is 0. The first kappa shape index (κ1) is 17.2. The van der Waals surface area contributed by atoms with Crippen LogP contribution in [-0.2, 0) is 11.3 Å². The predicted molar refractivity (Wildman–Crippen MR) is 80.4 cm³/mol. The second-order valence-corrected chi connectivity index (χ2v) is 5.51. The maximum atomic E-state index is 12.2. The van der Waals surface area contributed by atoms with Gasteiger partial charge in [0.25, 0.3) is 5.91 Å². The minimum absolute atomic E-state index is 0.0472. The molecule has 1 aromatic heterocycles. The first-order valence-electron chi connectivity index (χ1n) is 7.46. The summed E-state index contributed by atoms with van der Waals surface area (Å²) in [6.45, 7) is 8.92. The monoisotopic (exact) mass is 295 g/mol. The Kier molecular flexibility index (Phi) is 6.39. The summed E-state index contributed by atoms with van der Waals surface area (Å²) in [5.41, 5.74) is 1.42. The average molecular weight is 295 g/mol. The van der Waals surface area contributed by atoms with Crippen LogP contribution in [0.2, 0.25) is 0 Å². The topological polar surface area (TPSA) is 84.2 Å². The summed E-state index contributed by atoms with van der Waals surface area (Å²) in [7, 11) is 0. The van der Waals surface area contributed by atoms with Gasteiger partial charge in [-0.15, -0.1) is 0 Å². The zero-order valence-corrected chi connectivity index (χ0v) is 13.2. The van der Waals surface area contributed by atoms with E-state index in [1.165, 1.54) is 0 Å². The summed E-state index contributed by atoms with van der Waals surface area (Å²) in [5.74, 6) is -0.814. The van der Waals surface area contributed by atoms with Gasteiger partial charge in [0, 0.05) is 19.5 Å². The van der Waals surface area contributed by atoms with Crippen molar-refractivity contribution in [3.63, 3.8) is 0 Å². The molecule has 21 heavy (non-hydrogen) atoms. The van der Waals surface area contributed by atoms with Gasteiger partial charge in [-0.1, -0.05) is 27.2 Å². The van der Waals surface area contributed by atoms with E-state index in [1.54, 1.807) is 4.68 Å². The first-order chi connectivity index (χ1) is 9.88. The highest BCUT2D eigenvalue weighted by Crippen LogP contribution is 2.15. The highest BCUT2D eigenvalue weighted by molar-refractivity contribution is 5.92. The van der Waals surface area contributed by atoms with E-state index < -0.39 is 5.97 Å². The van der Waals surface area contributed by atoms with Crippen molar-refractivity contribution in [2.24, 2.45) is 5.92 Å². The van der Waals surface area contributed by atoms with Gasteiger partial charge in [0.05, 0.1) is 5.69 Å². The number of amides is 1. The third-order valence-corrected chi connectivity index (χ3v) is 3.51. The third-order valence-electron chi connectivity index (χ3n) is 3.51. The van der Waals surface area contributed by atoms with Crippen molar-refractivity contribution in [3.05, 3.63) is 17.5 Å². The molecule has 1 unspecified atom stereocenters. The predicted octanol–water partition coefficient (Wildman–Crippen LogP) is 2.26. The Morgan fingerprint density at radius 3 is 2.52 bits per heavy atom. The summed E-state index contributed by atoms with van der Waals surface area (Å²) in [5, 5.41) is 16.0. The summed E-state index contributed by atoms with van der Waals surface area (Å²) < 4.78 is 1.68. The number of rotatable bonds is 8. The lowest BCUT2D eigenvalue weighted by Crippen LogP contribution is -2.31. The van der Waals surface area contributed by atoms with Gasteiger partial charge >= 0.3 is 5.97 Å². The Hall–Kier alpha value is -1.85. The number of carbonyl (C=O) groups excluding carboxylic acids is 1. The first-order valence-corrected chi connectivity index (χ1v) is 7.46. The molecule has 1 atom stereocenters. The van der Waals surface area contributed by atoms with Gasteiger partial charge in [-0.3, -0.25) is 14.3 Å². The molecule has 0 bridgehead atoms. The molecule has 0 saturated heterocycles. The zero-order chi connectivity index (χ0) is 16.0. The number of aromatic nitrogens is 2. The number of hydrogen-bond donors (Lipinski definition) is 2. The number of aryl methyl sites for hydroxylation is 1. The van der Waals surface area contributed by atoms with E-state index in [9.17, 15) is 9.59 Å². The smallest absolute Gasteiger partial charge is 0.303 e. The molecular formula is C15H25N3O3. The molecule has 6 nitrogen and oxygen atoms in total.